The summed E-state index contributed by atoms with van der Waals surface area (Å²) in [5.41, 5.74) is 0. The van der Waals surface area contributed by atoms with Crippen LogP contribution in [-0.2, 0) is 0 Å². The van der Waals surface area contributed by atoms with Crippen LogP contribution in [0.4, 0.5) is 0 Å². The molecule has 0 aromatic carbocycles. The van der Waals surface area contributed by atoms with Gasteiger partial charge in [0.15, 0.2) is 0 Å². The summed E-state index contributed by atoms with van der Waals surface area (Å²) in [7, 11) is 0. The molecule has 0 radical (unpaired) electrons. The Bertz CT molecular complexity index is 174. The van der Waals surface area contributed by atoms with Gasteiger partial charge in [0.1, 0.15) is 0 Å². The van der Waals surface area contributed by atoms with E-state index in [1.165, 1.54) is 0 Å². The first kappa shape index (κ1) is 7.68. The molecule has 0 spiro atoms. The zero-order chi connectivity index (χ0) is 7.61. The van der Waals surface area contributed by atoms with Crippen molar-refractivity contribution in [3.05, 3.63) is 12.7 Å². The lowest BCUT2D eigenvalue weighted by Crippen LogP contribution is -2.37. The fraction of sp³-hybridized carbons (Fsp3) is 0.625. The van der Waals surface area contributed by atoms with Gasteiger partial charge in [-0.3, -0.25) is 0 Å². The fourth-order valence-corrected chi connectivity index (χ4v) is 2.18. The van der Waals surface area contributed by atoms with Gasteiger partial charge in [0.25, 0.3) is 0 Å². The van der Waals surface area contributed by atoms with Gasteiger partial charge in [-0.25, -0.2) is 0 Å². The highest BCUT2D eigenvalue weighted by molar-refractivity contribution is 8.00. The standard InChI is InChI=1S/C8H11NS/c1-3-8(10-2)4-7(5-8)6-9/h3,7H,1,4-5H2,2H3. The molecule has 0 heterocycles. The molecule has 0 unspecified atom stereocenters. The average molecular weight is 153 g/mol. The fourth-order valence-electron chi connectivity index (χ4n) is 1.28. The van der Waals surface area contributed by atoms with Gasteiger partial charge < -0.3 is 0 Å². The van der Waals surface area contributed by atoms with Gasteiger partial charge >= 0.3 is 0 Å². The predicted octanol–water partition coefficient (Wildman–Crippen LogP) is 2.21. The number of thioether (sulfide) groups is 1. The Hall–Kier alpha value is -0.420. The number of hydrogen-bond acceptors (Lipinski definition) is 2. The maximum Gasteiger partial charge on any atom is 0.0657 e. The number of rotatable bonds is 2. The van der Waals surface area contributed by atoms with Crippen LogP contribution in [-0.4, -0.2) is 11.0 Å². The Kier molecular flexibility index (Phi) is 2.05. The lowest BCUT2D eigenvalue weighted by Gasteiger charge is -2.41. The molecular formula is C8H11NS. The summed E-state index contributed by atoms with van der Waals surface area (Å²) < 4.78 is 0.237. The first-order chi connectivity index (χ1) is 4.76. The summed E-state index contributed by atoms with van der Waals surface area (Å²) in [6.07, 6.45) is 6.04. The second kappa shape index (κ2) is 2.67. The van der Waals surface area contributed by atoms with Crippen LogP contribution in [0.25, 0.3) is 0 Å². The zero-order valence-electron chi connectivity index (χ0n) is 6.13. The van der Waals surface area contributed by atoms with Crippen LogP contribution in [0.2, 0.25) is 0 Å². The Morgan fingerprint density at radius 1 is 1.80 bits per heavy atom. The third kappa shape index (κ3) is 1.06. The van der Waals surface area contributed by atoms with Crippen LogP contribution >= 0.6 is 11.8 Å². The highest BCUT2D eigenvalue weighted by atomic mass is 32.2. The van der Waals surface area contributed by atoms with Crippen LogP contribution in [0.1, 0.15) is 12.8 Å². The van der Waals surface area contributed by atoms with E-state index in [0.717, 1.165) is 12.8 Å². The summed E-state index contributed by atoms with van der Waals surface area (Å²) in [5, 5.41) is 8.52. The summed E-state index contributed by atoms with van der Waals surface area (Å²) in [6.45, 7) is 3.76. The second-order valence-electron chi connectivity index (χ2n) is 2.71. The highest BCUT2D eigenvalue weighted by Gasteiger charge is 2.41. The molecule has 0 N–H and O–H groups in total. The molecule has 0 atom stereocenters. The normalized spacial score (nSPS) is 37.8. The van der Waals surface area contributed by atoms with E-state index in [2.05, 4.69) is 18.9 Å². The summed E-state index contributed by atoms with van der Waals surface area (Å²) in [4.78, 5) is 0. The van der Waals surface area contributed by atoms with Gasteiger partial charge in [-0.05, 0) is 19.1 Å². The monoisotopic (exact) mass is 153 g/mol. The second-order valence-corrected chi connectivity index (χ2v) is 3.93. The van der Waals surface area contributed by atoms with Crippen LogP contribution in [0, 0.1) is 17.2 Å². The lowest BCUT2D eigenvalue weighted by molar-refractivity contribution is 0.342. The first-order valence-corrected chi connectivity index (χ1v) is 4.57. The average Bonchev–Trinajstić information content (AvgIpc) is 1.89. The molecule has 0 aromatic rings. The van der Waals surface area contributed by atoms with Gasteiger partial charge in [0.05, 0.1) is 6.07 Å². The predicted molar refractivity (Wildman–Crippen MR) is 44.8 cm³/mol. The van der Waals surface area contributed by atoms with Crippen molar-refractivity contribution in [2.45, 2.75) is 17.6 Å². The lowest BCUT2D eigenvalue weighted by atomic mass is 9.75. The third-order valence-electron chi connectivity index (χ3n) is 2.14. The van der Waals surface area contributed by atoms with Crippen molar-refractivity contribution < 1.29 is 0 Å². The third-order valence-corrected chi connectivity index (χ3v) is 3.46. The minimum absolute atomic E-state index is 0.237. The van der Waals surface area contributed by atoms with Crippen molar-refractivity contribution in [3.8, 4) is 6.07 Å². The molecule has 10 heavy (non-hydrogen) atoms. The minimum Gasteiger partial charge on any atom is -0.198 e. The van der Waals surface area contributed by atoms with Crippen molar-refractivity contribution in [1.82, 2.24) is 0 Å². The first-order valence-electron chi connectivity index (χ1n) is 3.35. The smallest absolute Gasteiger partial charge is 0.0657 e. The summed E-state index contributed by atoms with van der Waals surface area (Å²) in [6, 6.07) is 2.26. The van der Waals surface area contributed by atoms with Crippen LogP contribution < -0.4 is 0 Å². The maximum atomic E-state index is 8.52. The maximum absolute atomic E-state index is 8.52. The van der Waals surface area contributed by atoms with Crippen molar-refractivity contribution in [2.75, 3.05) is 6.26 Å². The number of hydrogen-bond donors (Lipinski definition) is 0. The van der Waals surface area contributed by atoms with Crippen LogP contribution in [0.3, 0.4) is 0 Å². The van der Waals surface area contributed by atoms with Crippen molar-refractivity contribution in [1.29, 1.82) is 5.26 Å². The van der Waals surface area contributed by atoms with Gasteiger partial charge in [-0.1, -0.05) is 6.08 Å². The summed E-state index contributed by atoms with van der Waals surface area (Å²) >= 11 is 1.81. The SMILES string of the molecule is C=CC1(SC)CC(C#N)C1. The van der Waals surface area contributed by atoms with Crippen molar-refractivity contribution >= 4 is 11.8 Å². The molecule has 1 rings (SSSR count). The quantitative estimate of drug-likeness (QED) is 0.568. The minimum atomic E-state index is 0.237. The molecule has 0 aromatic heterocycles. The van der Waals surface area contributed by atoms with Gasteiger partial charge in [0.2, 0.25) is 0 Å². The van der Waals surface area contributed by atoms with Crippen LogP contribution in [0.5, 0.6) is 0 Å². The van der Waals surface area contributed by atoms with E-state index in [4.69, 9.17) is 5.26 Å². The highest BCUT2D eigenvalue weighted by Crippen LogP contribution is 2.47. The van der Waals surface area contributed by atoms with Gasteiger partial charge in [0, 0.05) is 10.7 Å². The zero-order valence-corrected chi connectivity index (χ0v) is 6.95. The van der Waals surface area contributed by atoms with E-state index >= 15 is 0 Å². The Balaban J connectivity index is 2.48. The largest absolute Gasteiger partial charge is 0.198 e. The van der Waals surface area contributed by atoms with Crippen LogP contribution in [0.15, 0.2) is 12.7 Å². The van der Waals surface area contributed by atoms with Crippen molar-refractivity contribution in [2.24, 2.45) is 5.92 Å². The van der Waals surface area contributed by atoms with Crippen molar-refractivity contribution in [3.63, 3.8) is 0 Å². The van der Waals surface area contributed by atoms with Gasteiger partial charge in [-0.15, -0.1) is 6.58 Å². The number of nitriles is 1. The Labute approximate surface area is 66.1 Å². The van der Waals surface area contributed by atoms with E-state index in [1.807, 2.05) is 17.8 Å². The molecule has 0 saturated heterocycles. The molecule has 1 aliphatic rings. The van der Waals surface area contributed by atoms with E-state index in [9.17, 15) is 0 Å². The molecule has 1 nitrogen and oxygen atoms in total. The van der Waals surface area contributed by atoms with Gasteiger partial charge in [-0.2, -0.15) is 17.0 Å². The molecule has 0 amide bonds. The number of nitrogens with zero attached hydrogens (tertiary/aromatic N) is 1. The summed E-state index contributed by atoms with van der Waals surface area (Å²) in [5.74, 6) is 0.283. The molecular weight excluding hydrogens is 142 g/mol. The molecule has 0 bridgehead atoms. The molecule has 1 aliphatic carbocycles. The topological polar surface area (TPSA) is 23.8 Å². The van der Waals surface area contributed by atoms with E-state index in [-0.39, 0.29) is 10.7 Å². The molecule has 1 fully saturated rings. The molecule has 1 saturated carbocycles. The van der Waals surface area contributed by atoms with E-state index < -0.39 is 0 Å². The Morgan fingerprint density at radius 3 is 2.70 bits per heavy atom. The Morgan fingerprint density at radius 2 is 2.40 bits per heavy atom. The molecule has 2 heteroatoms. The van der Waals surface area contributed by atoms with E-state index in [0.29, 0.717) is 0 Å². The molecule has 0 aliphatic heterocycles. The molecule has 54 valence electrons. The van der Waals surface area contributed by atoms with E-state index in [1.54, 1.807) is 0 Å².